The molecule has 0 saturated carbocycles. The Kier molecular flexibility index (Phi) is 5.05. The molecule has 0 saturated heterocycles. The van der Waals surface area contributed by atoms with Crippen molar-refractivity contribution in [2.24, 2.45) is 0 Å². The van der Waals surface area contributed by atoms with Gasteiger partial charge in [-0.05, 0) is 23.7 Å². The quantitative estimate of drug-likeness (QED) is 0.363. The van der Waals surface area contributed by atoms with Crippen LogP contribution in [-0.4, -0.2) is 28.0 Å². The maximum absolute atomic E-state index is 11.5. The molecule has 0 amide bonds. The number of esters is 1. The van der Waals surface area contributed by atoms with Crippen molar-refractivity contribution in [1.82, 2.24) is 15.0 Å². The Morgan fingerprint density at radius 2 is 2.00 bits per heavy atom. The number of methoxy groups -OCH3 is 1. The molecule has 0 spiro atoms. The molecule has 2 rings (SSSR count). The lowest BCUT2D eigenvalue weighted by atomic mass is 10.3. The molecule has 0 bridgehead atoms. The van der Waals surface area contributed by atoms with Crippen molar-refractivity contribution in [3.05, 3.63) is 48.2 Å². The summed E-state index contributed by atoms with van der Waals surface area (Å²) >= 11 is 5.64. The molecule has 108 valence electrons. The zero-order chi connectivity index (χ0) is 15.1. The third-order valence-electron chi connectivity index (χ3n) is 2.12. The molecule has 0 aliphatic carbocycles. The number of hydrogen-bond donors (Lipinski definition) is 0. The van der Waals surface area contributed by atoms with Crippen LogP contribution in [0.1, 0.15) is 0 Å². The number of carbonyl (C=O) groups is 1. The van der Waals surface area contributed by atoms with Crippen molar-refractivity contribution >= 4 is 17.6 Å². The second-order valence-electron chi connectivity index (χ2n) is 3.55. The fourth-order valence-corrected chi connectivity index (χ4v) is 1.41. The van der Waals surface area contributed by atoms with Crippen LogP contribution in [0.5, 0.6) is 17.5 Å². The van der Waals surface area contributed by atoms with Gasteiger partial charge in [-0.25, -0.2) is 9.78 Å². The van der Waals surface area contributed by atoms with Gasteiger partial charge >= 0.3 is 12.0 Å². The monoisotopic (exact) mass is 307 g/mol. The summed E-state index contributed by atoms with van der Waals surface area (Å²) in [5.74, 6) is -0.139. The maximum Gasteiger partial charge on any atom is 0.339 e. The van der Waals surface area contributed by atoms with Crippen molar-refractivity contribution in [2.75, 3.05) is 7.11 Å². The van der Waals surface area contributed by atoms with E-state index in [-0.39, 0.29) is 22.8 Å². The molecule has 0 fully saturated rings. The second kappa shape index (κ2) is 7.20. The number of aromatic nitrogens is 3. The summed E-state index contributed by atoms with van der Waals surface area (Å²) < 4.78 is 15.2. The second-order valence-corrected chi connectivity index (χ2v) is 3.88. The van der Waals surface area contributed by atoms with Crippen LogP contribution in [0.15, 0.2) is 42.9 Å². The normalized spacial score (nSPS) is 10.4. The van der Waals surface area contributed by atoms with Crippen molar-refractivity contribution in [2.45, 2.75) is 0 Å². The molecule has 0 unspecified atom stereocenters. The molecule has 8 heteroatoms. The lowest BCUT2D eigenvalue weighted by Gasteiger charge is -2.08. The van der Waals surface area contributed by atoms with Gasteiger partial charge in [-0.1, -0.05) is 12.1 Å². The van der Waals surface area contributed by atoms with Gasteiger partial charge in [0.05, 0.1) is 19.4 Å². The largest absolute Gasteiger partial charge is 0.504 e. The van der Waals surface area contributed by atoms with Crippen LogP contribution in [0.3, 0.4) is 0 Å². The number of rotatable bonds is 5. The first kappa shape index (κ1) is 14.7. The Hall–Kier alpha value is -2.67. The fourth-order valence-electron chi connectivity index (χ4n) is 1.29. The molecule has 0 radical (unpaired) electrons. The van der Waals surface area contributed by atoms with Crippen LogP contribution in [0.2, 0.25) is 5.28 Å². The van der Waals surface area contributed by atoms with Gasteiger partial charge in [0.1, 0.15) is 6.33 Å². The van der Waals surface area contributed by atoms with E-state index in [1.165, 1.54) is 19.7 Å². The highest BCUT2D eigenvalue weighted by molar-refractivity contribution is 6.28. The van der Waals surface area contributed by atoms with E-state index in [0.29, 0.717) is 0 Å². The zero-order valence-corrected chi connectivity index (χ0v) is 11.6. The highest BCUT2D eigenvalue weighted by Crippen LogP contribution is 2.29. The minimum atomic E-state index is -0.610. The summed E-state index contributed by atoms with van der Waals surface area (Å²) in [5, 5.41) is -0.00231. The summed E-state index contributed by atoms with van der Waals surface area (Å²) in [7, 11) is 1.42. The number of benzene rings is 1. The van der Waals surface area contributed by atoms with E-state index in [4.69, 9.17) is 21.1 Å². The maximum atomic E-state index is 11.5. The standard InChI is InChI=1S/C13H10ClN3O4/c1-19-7-6-11(18)20-9-4-2-3-5-10(9)21-13-16-8-15-12(14)17-13/h2-8H,1H3. The zero-order valence-electron chi connectivity index (χ0n) is 10.9. The van der Waals surface area contributed by atoms with Crippen LogP contribution in [0.4, 0.5) is 0 Å². The summed E-state index contributed by atoms with van der Waals surface area (Å²) in [6.45, 7) is 0. The van der Waals surface area contributed by atoms with E-state index >= 15 is 0 Å². The van der Waals surface area contributed by atoms with Gasteiger partial charge in [0, 0.05) is 0 Å². The minimum Gasteiger partial charge on any atom is -0.504 e. The van der Waals surface area contributed by atoms with Crippen LogP contribution in [0, 0.1) is 0 Å². The van der Waals surface area contributed by atoms with Crippen molar-refractivity contribution in [3.8, 4) is 17.5 Å². The predicted octanol–water partition coefficient (Wildman–Crippen LogP) is 2.38. The summed E-state index contributed by atoms with van der Waals surface area (Å²) in [6.07, 6.45) is 3.55. The number of hydrogen-bond acceptors (Lipinski definition) is 7. The molecule has 1 heterocycles. The third kappa shape index (κ3) is 4.43. The van der Waals surface area contributed by atoms with Gasteiger partial charge in [-0.2, -0.15) is 9.97 Å². The molecule has 21 heavy (non-hydrogen) atoms. The van der Waals surface area contributed by atoms with Crippen LogP contribution in [0.25, 0.3) is 0 Å². The number of ether oxygens (including phenoxy) is 3. The number of nitrogens with zero attached hydrogens (tertiary/aromatic N) is 3. The molecule has 2 aromatic rings. The summed E-state index contributed by atoms with van der Waals surface area (Å²) in [5.41, 5.74) is 0. The van der Waals surface area contributed by atoms with Gasteiger partial charge in [0.2, 0.25) is 5.28 Å². The van der Waals surface area contributed by atoms with E-state index in [1.54, 1.807) is 24.3 Å². The van der Waals surface area contributed by atoms with Crippen molar-refractivity contribution in [1.29, 1.82) is 0 Å². The molecule has 7 nitrogen and oxygen atoms in total. The van der Waals surface area contributed by atoms with E-state index in [1.807, 2.05) is 0 Å². The van der Waals surface area contributed by atoms with Gasteiger partial charge < -0.3 is 14.2 Å². The number of halogens is 1. The van der Waals surface area contributed by atoms with E-state index in [9.17, 15) is 4.79 Å². The lowest BCUT2D eigenvalue weighted by molar-refractivity contribution is -0.129. The average Bonchev–Trinajstić information content (AvgIpc) is 2.47. The molecule has 0 aliphatic rings. The molecular weight excluding hydrogens is 298 g/mol. The Balaban J connectivity index is 2.17. The van der Waals surface area contributed by atoms with E-state index in [0.717, 1.165) is 6.08 Å². The smallest absolute Gasteiger partial charge is 0.339 e. The first-order chi connectivity index (χ1) is 10.2. The van der Waals surface area contributed by atoms with Gasteiger partial charge in [0.15, 0.2) is 11.5 Å². The minimum absolute atomic E-state index is 0.00231. The van der Waals surface area contributed by atoms with Gasteiger partial charge in [0.25, 0.3) is 0 Å². The Labute approximate surface area is 125 Å². The summed E-state index contributed by atoms with van der Waals surface area (Å²) in [4.78, 5) is 22.8. The molecule has 0 atom stereocenters. The third-order valence-corrected chi connectivity index (χ3v) is 2.30. The topological polar surface area (TPSA) is 83.4 Å². The SMILES string of the molecule is COC=CC(=O)Oc1ccccc1Oc1ncnc(Cl)n1. The predicted molar refractivity (Wildman–Crippen MR) is 73.1 cm³/mol. The number of para-hydroxylation sites is 2. The molecule has 1 aromatic carbocycles. The molecular formula is C13H10ClN3O4. The first-order valence-corrected chi connectivity index (χ1v) is 6.09. The van der Waals surface area contributed by atoms with Crippen LogP contribution >= 0.6 is 11.6 Å². The summed E-state index contributed by atoms with van der Waals surface area (Å²) in [6, 6.07) is 6.55. The Morgan fingerprint density at radius 3 is 2.71 bits per heavy atom. The lowest BCUT2D eigenvalue weighted by Crippen LogP contribution is -2.05. The van der Waals surface area contributed by atoms with Gasteiger partial charge in [-0.3, -0.25) is 0 Å². The van der Waals surface area contributed by atoms with Gasteiger partial charge in [-0.15, -0.1) is 0 Å². The number of carbonyl (C=O) groups excluding carboxylic acids is 1. The van der Waals surface area contributed by atoms with Crippen molar-refractivity contribution in [3.63, 3.8) is 0 Å². The van der Waals surface area contributed by atoms with Crippen LogP contribution < -0.4 is 9.47 Å². The Morgan fingerprint density at radius 1 is 1.24 bits per heavy atom. The molecule has 0 N–H and O–H groups in total. The molecule has 1 aromatic heterocycles. The highest BCUT2D eigenvalue weighted by atomic mass is 35.5. The molecule has 0 aliphatic heterocycles. The fraction of sp³-hybridized carbons (Fsp3) is 0.0769. The highest BCUT2D eigenvalue weighted by Gasteiger charge is 2.10. The Bertz CT molecular complexity index is 663. The van der Waals surface area contributed by atoms with E-state index in [2.05, 4.69) is 19.7 Å². The van der Waals surface area contributed by atoms with E-state index < -0.39 is 5.97 Å². The first-order valence-electron chi connectivity index (χ1n) is 5.71. The van der Waals surface area contributed by atoms with Crippen LogP contribution in [-0.2, 0) is 9.53 Å². The van der Waals surface area contributed by atoms with Crippen molar-refractivity contribution < 1.29 is 19.0 Å². The average molecular weight is 308 g/mol.